The van der Waals surface area contributed by atoms with E-state index in [4.69, 9.17) is 5.73 Å². The summed E-state index contributed by atoms with van der Waals surface area (Å²) in [6, 6.07) is 7.02. The molecule has 0 saturated carbocycles. The second kappa shape index (κ2) is 10.9. The van der Waals surface area contributed by atoms with Gasteiger partial charge < -0.3 is 21.1 Å². The first-order chi connectivity index (χ1) is 17.7. The molecule has 2 amide bonds. The highest BCUT2D eigenvalue weighted by Crippen LogP contribution is 2.27. The van der Waals surface area contributed by atoms with Crippen molar-refractivity contribution < 1.29 is 24.3 Å². The molecule has 5 N–H and O–H groups in total. The van der Waals surface area contributed by atoms with E-state index >= 15 is 0 Å². The minimum atomic E-state index is -0.988. The maximum atomic E-state index is 12.7. The van der Waals surface area contributed by atoms with Crippen LogP contribution >= 0.6 is 0 Å². The van der Waals surface area contributed by atoms with E-state index in [9.17, 15) is 24.3 Å². The van der Waals surface area contributed by atoms with Crippen LogP contribution < -0.4 is 16.4 Å². The molecule has 3 aliphatic rings. The van der Waals surface area contributed by atoms with Gasteiger partial charge in [-0.1, -0.05) is 13.3 Å². The lowest BCUT2D eigenvalue weighted by Crippen LogP contribution is -2.58. The molecular formula is C26H32N6O5. The minimum absolute atomic E-state index is 0.0282. The van der Waals surface area contributed by atoms with Crippen molar-refractivity contribution in [3.05, 3.63) is 41.6 Å². The number of nitrogens with one attached hydrogen (secondary N) is 2. The standard InChI is InChI=1S/C26H32N6O5/c1-14-15(2)32(24(14)35)10-4-3-5-17(25(36)37)11-20(33)16-6-8-19(9-7-16)28-12-18-13-29-22-21(18)23(34)31-26(27)30-22/h6-9,13-15,17,21,28H,3-5,10-12H2,1-2H3,(H,36,37)(H3,27,29,30,31,34)/t14?,15-,17+,21?/m0/s1. The van der Waals surface area contributed by atoms with Gasteiger partial charge in [0.2, 0.25) is 17.8 Å². The molecule has 4 rings (SSSR count). The van der Waals surface area contributed by atoms with Crippen molar-refractivity contribution in [3.8, 4) is 0 Å². The predicted octanol–water partition coefficient (Wildman–Crippen LogP) is 1.77. The largest absolute Gasteiger partial charge is 0.481 e. The highest BCUT2D eigenvalue weighted by atomic mass is 16.4. The Labute approximate surface area is 214 Å². The third kappa shape index (κ3) is 5.71. The Morgan fingerprint density at radius 3 is 2.59 bits per heavy atom. The molecule has 1 fully saturated rings. The average molecular weight is 509 g/mol. The number of aliphatic imine (C=N–C) groups is 2. The van der Waals surface area contributed by atoms with E-state index in [1.165, 1.54) is 0 Å². The van der Waals surface area contributed by atoms with E-state index in [1.54, 1.807) is 30.5 Å². The summed E-state index contributed by atoms with van der Waals surface area (Å²) in [6.45, 7) is 4.91. The first-order valence-electron chi connectivity index (χ1n) is 12.5. The zero-order valence-electron chi connectivity index (χ0n) is 20.9. The molecule has 3 heterocycles. The molecule has 3 aliphatic heterocycles. The Hall–Kier alpha value is -4.02. The van der Waals surface area contributed by atoms with Gasteiger partial charge in [-0.3, -0.25) is 24.5 Å². The molecule has 0 radical (unpaired) electrons. The number of hydrogen-bond donors (Lipinski definition) is 4. The number of β-lactam (4-membered cyclic amide) rings is 1. The molecule has 0 spiro atoms. The number of amides is 2. The van der Waals surface area contributed by atoms with Gasteiger partial charge in [-0.05, 0) is 49.6 Å². The van der Waals surface area contributed by atoms with Crippen LogP contribution in [0.3, 0.4) is 0 Å². The SMILES string of the molecule is CC1C(=O)N(CCCC[C@H](CC(=O)c2ccc(NCC3=CN=C4N=C(N)NC(=O)C34)cc2)C(=O)O)[C@H]1C. The number of nitrogens with two attached hydrogens (primary N) is 1. The van der Waals surface area contributed by atoms with Crippen molar-refractivity contribution in [2.75, 3.05) is 18.4 Å². The van der Waals surface area contributed by atoms with Gasteiger partial charge in [-0.15, -0.1) is 0 Å². The fraction of sp³-hybridized carbons (Fsp3) is 0.462. The van der Waals surface area contributed by atoms with Crippen LogP contribution in [0.15, 0.2) is 46.0 Å². The van der Waals surface area contributed by atoms with E-state index < -0.39 is 17.8 Å². The second-order valence-corrected chi connectivity index (χ2v) is 9.76. The Bertz CT molecular complexity index is 1190. The zero-order valence-corrected chi connectivity index (χ0v) is 20.9. The summed E-state index contributed by atoms with van der Waals surface area (Å²) < 4.78 is 0. The number of carbonyl (C=O) groups excluding carboxylic acids is 3. The van der Waals surface area contributed by atoms with Gasteiger partial charge in [-0.2, -0.15) is 4.99 Å². The summed E-state index contributed by atoms with van der Waals surface area (Å²) in [5, 5.41) is 15.3. The van der Waals surface area contributed by atoms with Crippen LogP contribution in [0.25, 0.3) is 0 Å². The summed E-state index contributed by atoms with van der Waals surface area (Å²) in [5.74, 6) is -2.24. The van der Waals surface area contributed by atoms with Crippen molar-refractivity contribution in [2.45, 2.75) is 45.6 Å². The number of hydrogen-bond acceptors (Lipinski definition) is 8. The third-order valence-corrected chi connectivity index (χ3v) is 7.31. The lowest BCUT2D eigenvalue weighted by atomic mass is 9.89. The van der Waals surface area contributed by atoms with Gasteiger partial charge in [0.15, 0.2) is 5.78 Å². The van der Waals surface area contributed by atoms with Crippen molar-refractivity contribution in [1.29, 1.82) is 0 Å². The Morgan fingerprint density at radius 2 is 1.92 bits per heavy atom. The molecule has 11 heteroatoms. The molecular weight excluding hydrogens is 476 g/mol. The Balaban J connectivity index is 1.23. The van der Waals surface area contributed by atoms with Crippen molar-refractivity contribution in [3.63, 3.8) is 0 Å². The number of fused-ring (bicyclic) bond motifs is 1. The van der Waals surface area contributed by atoms with Crippen LogP contribution in [0.4, 0.5) is 5.69 Å². The molecule has 0 aliphatic carbocycles. The number of likely N-dealkylation sites (tertiary alicyclic amines) is 1. The number of benzene rings is 1. The predicted molar refractivity (Wildman–Crippen MR) is 138 cm³/mol. The second-order valence-electron chi connectivity index (χ2n) is 9.76. The van der Waals surface area contributed by atoms with Crippen molar-refractivity contribution in [1.82, 2.24) is 10.2 Å². The number of carboxylic acid groups (broad SMARTS) is 1. The lowest BCUT2D eigenvalue weighted by Gasteiger charge is -2.44. The number of unbranched alkanes of at least 4 members (excludes halogenated alkanes) is 1. The number of carboxylic acids is 1. The topological polar surface area (TPSA) is 167 Å². The average Bonchev–Trinajstić information content (AvgIpc) is 3.29. The Morgan fingerprint density at radius 1 is 1.19 bits per heavy atom. The first kappa shape index (κ1) is 26.1. The first-order valence-corrected chi connectivity index (χ1v) is 12.5. The van der Waals surface area contributed by atoms with Crippen molar-refractivity contribution in [2.24, 2.45) is 33.5 Å². The van der Waals surface area contributed by atoms with Crippen LogP contribution in [0.1, 0.15) is 49.9 Å². The molecule has 1 aromatic carbocycles. The third-order valence-electron chi connectivity index (χ3n) is 7.31. The number of nitrogens with zero attached hydrogens (tertiary/aromatic N) is 3. The summed E-state index contributed by atoms with van der Waals surface area (Å²) in [4.78, 5) is 58.6. The quantitative estimate of drug-likeness (QED) is 0.190. The van der Waals surface area contributed by atoms with E-state index in [2.05, 4.69) is 20.6 Å². The fourth-order valence-corrected chi connectivity index (χ4v) is 4.82. The highest BCUT2D eigenvalue weighted by molar-refractivity contribution is 6.19. The number of Topliss-reactive ketones (excluding diaryl/α,β-unsaturated/α-hetero) is 1. The number of aliphatic carboxylic acids is 1. The van der Waals surface area contributed by atoms with Crippen LogP contribution in [0.5, 0.6) is 0 Å². The molecule has 196 valence electrons. The minimum Gasteiger partial charge on any atom is -0.481 e. The Kier molecular flexibility index (Phi) is 7.70. The van der Waals surface area contributed by atoms with Gasteiger partial charge in [0.25, 0.3) is 0 Å². The maximum Gasteiger partial charge on any atom is 0.306 e. The molecule has 1 saturated heterocycles. The van der Waals surface area contributed by atoms with E-state index in [0.717, 1.165) is 11.3 Å². The van der Waals surface area contributed by atoms with Gasteiger partial charge >= 0.3 is 5.97 Å². The van der Waals surface area contributed by atoms with Crippen LogP contribution in [0, 0.1) is 17.8 Å². The molecule has 0 aromatic heterocycles. The number of ketones is 1. The molecule has 0 bridgehead atoms. The van der Waals surface area contributed by atoms with Crippen molar-refractivity contribution >= 4 is 41.0 Å². The van der Waals surface area contributed by atoms with Gasteiger partial charge in [0, 0.05) is 43.0 Å². The normalized spacial score (nSPS) is 23.2. The molecule has 37 heavy (non-hydrogen) atoms. The van der Waals surface area contributed by atoms with Crippen LogP contribution in [-0.2, 0) is 14.4 Å². The summed E-state index contributed by atoms with van der Waals surface area (Å²) in [5.41, 5.74) is 7.49. The van der Waals surface area contributed by atoms with Gasteiger partial charge in [0.05, 0.1) is 11.8 Å². The monoisotopic (exact) mass is 508 g/mol. The van der Waals surface area contributed by atoms with E-state index in [0.29, 0.717) is 43.8 Å². The molecule has 11 nitrogen and oxygen atoms in total. The smallest absolute Gasteiger partial charge is 0.306 e. The number of anilines is 1. The number of rotatable bonds is 12. The van der Waals surface area contributed by atoms with E-state index in [-0.39, 0.29) is 41.9 Å². The molecule has 2 unspecified atom stereocenters. The number of amidine groups is 1. The van der Waals surface area contributed by atoms with Crippen LogP contribution in [-0.4, -0.2) is 64.5 Å². The number of carbonyl (C=O) groups is 4. The van der Waals surface area contributed by atoms with E-state index in [1.807, 2.05) is 18.7 Å². The molecule has 1 aromatic rings. The summed E-state index contributed by atoms with van der Waals surface area (Å²) >= 11 is 0. The number of guanidine groups is 1. The maximum absolute atomic E-state index is 12.7. The fourth-order valence-electron chi connectivity index (χ4n) is 4.82. The van der Waals surface area contributed by atoms with Gasteiger partial charge in [0.1, 0.15) is 11.8 Å². The lowest BCUT2D eigenvalue weighted by molar-refractivity contribution is -0.153. The van der Waals surface area contributed by atoms with Gasteiger partial charge in [-0.25, -0.2) is 4.99 Å². The molecule has 4 atom stereocenters. The summed E-state index contributed by atoms with van der Waals surface area (Å²) in [7, 11) is 0. The van der Waals surface area contributed by atoms with Crippen LogP contribution in [0.2, 0.25) is 0 Å². The summed E-state index contributed by atoms with van der Waals surface area (Å²) in [6.07, 6.45) is 3.26. The zero-order chi connectivity index (χ0) is 26.7. The highest BCUT2D eigenvalue weighted by Gasteiger charge is 2.40.